The molecule has 1 aliphatic heterocycles. The van der Waals surface area contributed by atoms with Gasteiger partial charge in [-0.3, -0.25) is 0 Å². The van der Waals surface area contributed by atoms with Gasteiger partial charge in [-0.25, -0.2) is 0 Å². The van der Waals surface area contributed by atoms with Gasteiger partial charge < -0.3 is 5.32 Å². The highest BCUT2D eigenvalue weighted by Gasteiger charge is 2.25. The lowest BCUT2D eigenvalue weighted by Crippen LogP contribution is -2.21. The second-order valence-electron chi connectivity index (χ2n) is 5.96. The van der Waals surface area contributed by atoms with E-state index in [1.807, 2.05) is 24.3 Å². The summed E-state index contributed by atoms with van der Waals surface area (Å²) in [7, 11) is 0. The van der Waals surface area contributed by atoms with Gasteiger partial charge >= 0.3 is 0 Å². The molecule has 6 heteroatoms. The topological polar surface area (TPSA) is 55.6 Å². The van der Waals surface area contributed by atoms with Crippen molar-refractivity contribution in [2.75, 3.05) is 5.32 Å². The average molecular weight is 338 g/mol. The van der Waals surface area contributed by atoms with E-state index in [0.717, 1.165) is 11.3 Å². The second kappa shape index (κ2) is 5.76. The molecule has 4 rings (SSSR count). The maximum Gasteiger partial charge on any atom is 0.248 e. The first-order valence-corrected chi connectivity index (χ1v) is 8.09. The Morgan fingerprint density at radius 2 is 1.88 bits per heavy atom. The molecule has 0 spiro atoms. The molecule has 1 unspecified atom stereocenters. The zero-order chi connectivity index (χ0) is 16.7. The number of nitrogens with one attached hydrogen (secondary N) is 1. The number of hydrogen-bond acceptors (Lipinski definition) is 4. The summed E-state index contributed by atoms with van der Waals surface area (Å²) in [5, 5.41) is 16.1. The number of hydrogen-bond donors (Lipinski definition) is 1. The molecule has 1 aliphatic rings. The van der Waals surface area contributed by atoms with Crippen molar-refractivity contribution in [1.29, 1.82) is 0 Å². The Balaban J connectivity index is 1.83. The van der Waals surface area contributed by atoms with Crippen molar-refractivity contribution >= 4 is 23.2 Å². The molecule has 5 nitrogen and oxygen atoms in total. The number of aromatic nitrogens is 4. The highest BCUT2D eigenvalue weighted by molar-refractivity contribution is 6.30. The van der Waals surface area contributed by atoms with Crippen LogP contribution in [-0.4, -0.2) is 20.2 Å². The summed E-state index contributed by atoms with van der Waals surface area (Å²) < 4.78 is 1.80. The minimum Gasteiger partial charge on any atom is -0.323 e. The van der Waals surface area contributed by atoms with Crippen molar-refractivity contribution < 1.29 is 0 Å². The number of nitrogens with zero attached hydrogens (tertiary/aromatic N) is 4. The van der Waals surface area contributed by atoms with Gasteiger partial charge in [0.05, 0.1) is 0 Å². The van der Waals surface area contributed by atoms with E-state index in [1.54, 1.807) is 4.68 Å². The Bertz CT molecular complexity index is 927. The molecule has 0 aliphatic carbocycles. The van der Waals surface area contributed by atoms with Gasteiger partial charge in [0.1, 0.15) is 6.04 Å². The molecule has 3 aromatic rings. The number of anilines is 1. The number of tetrazole rings is 1. The lowest BCUT2D eigenvalue weighted by Gasteiger charge is -2.24. The fourth-order valence-corrected chi connectivity index (χ4v) is 3.16. The van der Waals surface area contributed by atoms with Crippen LogP contribution in [0.5, 0.6) is 0 Å². The maximum atomic E-state index is 6.00. The van der Waals surface area contributed by atoms with Crippen LogP contribution in [0.1, 0.15) is 28.3 Å². The van der Waals surface area contributed by atoms with Gasteiger partial charge in [-0.15, -0.1) is 0 Å². The number of halogens is 1. The van der Waals surface area contributed by atoms with Crippen LogP contribution in [0, 0.1) is 13.8 Å². The molecule has 2 heterocycles. The Morgan fingerprint density at radius 1 is 1.08 bits per heavy atom. The van der Waals surface area contributed by atoms with E-state index in [2.05, 4.69) is 59.0 Å². The molecule has 0 amide bonds. The Hall–Kier alpha value is -2.66. The molecule has 1 aromatic heterocycles. The van der Waals surface area contributed by atoms with E-state index in [0.29, 0.717) is 11.0 Å². The molecular weight excluding hydrogens is 322 g/mol. The van der Waals surface area contributed by atoms with E-state index in [-0.39, 0.29) is 6.04 Å². The van der Waals surface area contributed by atoms with Crippen LogP contribution in [0.2, 0.25) is 5.02 Å². The third-order valence-corrected chi connectivity index (χ3v) is 4.48. The summed E-state index contributed by atoms with van der Waals surface area (Å²) in [6, 6.07) is 14.1. The minimum absolute atomic E-state index is 0.0532. The molecule has 0 fully saturated rings. The Morgan fingerprint density at radius 3 is 2.62 bits per heavy atom. The third kappa shape index (κ3) is 2.57. The van der Waals surface area contributed by atoms with Gasteiger partial charge in [0, 0.05) is 10.7 Å². The largest absolute Gasteiger partial charge is 0.323 e. The van der Waals surface area contributed by atoms with Gasteiger partial charge in [-0.05, 0) is 59.2 Å². The normalized spacial score (nSPS) is 16.3. The second-order valence-corrected chi connectivity index (χ2v) is 6.40. The molecule has 0 saturated heterocycles. The highest BCUT2D eigenvalue weighted by Crippen LogP contribution is 2.33. The van der Waals surface area contributed by atoms with Crippen LogP contribution in [0.25, 0.3) is 5.70 Å². The van der Waals surface area contributed by atoms with Gasteiger partial charge in [-0.1, -0.05) is 52.6 Å². The van der Waals surface area contributed by atoms with Crippen molar-refractivity contribution in [3.63, 3.8) is 0 Å². The molecule has 2 aromatic carbocycles. The molecule has 0 radical (unpaired) electrons. The Labute approximate surface area is 145 Å². The fraction of sp³-hybridized carbons (Fsp3) is 0.167. The van der Waals surface area contributed by atoms with E-state index in [1.165, 1.54) is 16.7 Å². The van der Waals surface area contributed by atoms with Crippen molar-refractivity contribution in [3.8, 4) is 0 Å². The zero-order valence-corrected chi connectivity index (χ0v) is 14.1. The van der Waals surface area contributed by atoms with Crippen LogP contribution < -0.4 is 5.32 Å². The fourth-order valence-electron chi connectivity index (χ4n) is 3.03. The van der Waals surface area contributed by atoms with Crippen LogP contribution in [0.4, 0.5) is 5.95 Å². The highest BCUT2D eigenvalue weighted by atomic mass is 35.5. The van der Waals surface area contributed by atoms with Crippen LogP contribution in [-0.2, 0) is 0 Å². The smallest absolute Gasteiger partial charge is 0.248 e. The van der Waals surface area contributed by atoms with E-state index in [9.17, 15) is 0 Å². The lowest BCUT2D eigenvalue weighted by molar-refractivity contribution is 0.583. The minimum atomic E-state index is -0.0532. The van der Waals surface area contributed by atoms with Gasteiger partial charge in [0.25, 0.3) is 0 Å². The maximum absolute atomic E-state index is 6.00. The quantitative estimate of drug-likeness (QED) is 0.768. The first-order valence-electron chi connectivity index (χ1n) is 7.71. The van der Waals surface area contributed by atoms with Gasteiger partial charge in [0.15, 0.2) is 0 Å². The molecule has 1 N–H and O–H groups in total. The number of fused-ring (bicyclic) bond motifs is 1. The SMILES string of the molecule is Cc1ccc(C2C=C(c3ccc(Cl)cc3)Nc3nnnn32)c(C)c1. The lowest BCUT2D eigenvalue weighted by atomic mass is 9.96. The molecule has 1 atom stereocenters. The monoisotopic (exact) mass is 337 g/mol. The van der Waals surface area contributed by atoms with Gasteiger partial charge in [-0.2, -0.15) is 4.68 Å². The predicted molar refractivity (Wildman–Crippen MR) is 94.9 cm³/mol. The first-order chi connectivity index (χ1) is 11.6. The molecule has 0 bridgehead atoms. The van der Waals surface area contributed by atoms with Crippen LogP contribution in [0.3, 0.4) is 0 Å². The van der Waals surface area contributed by atoms with Crippen molar-refractivity contribution in [2.24, 2.45) is 0 Å². The number of benzene rings is 2. The van der Waals surface area contributed by atoms with E-state index >= 15 is 0 Å². The summed E-state index contributed by atoms with van der Waals surface area (Å²) in [5.74, 6) is 0.632. The molecule has 24 heavy (non-hydrogen) atoms. The van der Waals surface area contributed by atoms with Gasteiger partial charge in [0.2, 0.25) is 5.95 Å². The number of aryl methyl sites for hydroxylation is 2. The van der Waals surface area contributed by atoms with Crippen molar-refractivity contribution in [1.82, 2.24) is 20.2 Å². The summed E-state index contributed by atoms with van der Waals surface area (Å²) >= 11 is 6.00. The standard InChI is InChI=1S/C18H16ClN5/c1-11-3-8-15(12(2)9-11)17-10-16(13-4-6-14(19)7-5-13)20-18-21-22-23-24(17)18/h3-10,17H,1-2H3,(H,20,21,23). The van der Waals surface area contributed by atoms with Crippen molar-refractivity contribution in [2.45, 2.75) is 19.9 Å². The first kappa shape index (κ1) is 14.9. The zero-order valence-electron chi connectivity index (χ0n) is 13.4. The predicted octanol–water partition coefficient (Wildman–Crippen LogP) is 4.00. The van der Waals surface area contributed by atoms with Crippen molar-refractivity contribution in [3.05, 3.63) is 75.8 Å². The van der Waals surface area contributed by atoms with Crippen LogP contribution >= 0.6 is 11.6 Å². The van der Waals surface area contributed by atoms with E-state index in [4.69, 9.17) is 11.6 Å². The summed E-state index contributed by atoms with van der Waals surface area (Å²) in [4.78, 5) is 0. The average Bonchev–Trinajstić information content (AvgIpc) is 3.03. The molecule has 120 valence electrons. The molecule has 0 saturated carbocycles. The molecular formula is C18H16ClN5. The third-order valence-electron chi connectivity index (χ3n) is 4.23. The summed E-state index contributed by atoms with van der Waals surface area (Å²) in [6.07, 6.45) is 2.14. The number of allylic oxidation sites excluding steroid dienone is 1. The number of rotatable bonds is 2. The summed E-state index contributed by atoms with van der Waals surface area (Å²) in [5.41, 5.74) is 5.66. The Kier molecular flexibility index (Phi) is 3.58. The van der Waals surface area contributed by atoms with E-state index < -0.39 is 0 Å². The summed E-state index contributed by atoms with van der Waals surface area (Å²) in [6.45, 7) is 4.21. The van der Waals surface area contributed by atoms with Crippen LogP contribution in [0.15, 0.2) is 48.5 Å².